The van der Waals surface area contributed by atoms with E-state index in [1.165, 1.54) is 11.8 Å². The average Bonchev–Trinajstić information content (AvgIpc) is 3.18. The van der Waals surface area contributed by atoms with Gasteiger partial charge in [-0.2, -0.15) is 0 Å². The molecule has 8 heteroatoms. The second kappa shape index (κ2) is 7.92. The Kier molecular flexibility index (Phi) is 5.38. The standard InChI is InChI=1S/C19H18BrN3O3S/c1-12-3-2-4-13(9-12)21-19-22-17(24)16(27-19)11-14-10-15(20)18(26-14)23-5-7-25-8-6-23/h2-4,9-11H,5-8H2,1H3,(H,21,22,24)/b16-11-. The van der Waals surface area contributed by atoms with Crippen LogP contribution < -0.4 is 10.2 Å². The Labute approximate surface area is 169 Å². The van der Waals surface area contributed by atoms with Gasteiger partial charge in [0.05, 0.1) is 28.3 Å². The minimum absolute atomic E-state index is 0.174. The van der Waals surface area contributed by atoms with Crippen molar-refractivity contribution in [3.63, 3.8) is 0 Å². The van der Waals surface area contributed by atoms with E-state index in [0.717, 1.165) is 34.7 Å². The predicted molar refractivity (Wildman–Crippen MR) is 111 cm³/mol. The Balaban J connectivity index is 1.53. The van der Waals surface area contributed by atoms with Crippen molar-refractivity contribution >= 4 is 56.4 Å². The van der Waals surface area contributed by atoms with E-state index in [-0.39, 0.29) is 5.91 Å². The van der Waals surface area contributed by atoms with Crippen molar-refractivity contribution in [2.24, 2.45) is 4.99 Å². The van der Waals surface area contributed by atoms with Gasteiger partial charge in [0.2, 0.25) is 5.88 Å². The molecule has 0 spiro atoms. The summed E-state index contributed by atoms with van der Waals surface area (Å²) in [5.74, 6) is 1.21. The highest BCUT2D eigenvalue weighted by atomic mass is 79.9. The van der Waals surface area contributed by atoms with E-state index in [2.05, 4.69) is 31.1 Å². The van der Waals surface area contributed by atoms with Crippen molar-refractivity contribution in [1.82, 2.24) is 5.32 Å². The number of furan rings is 1. The van der Waals surface area contributed by atoms with Gasteiger partial charge in [0.15, 0.2) is 5.17 Å². The first kappa shape index (κ1) is 18.3. The molecule has 27 heavy (non-hydrogen) atoms. The molecule has 2 aromatic rings. The number of hydrogen-bond acceptors (Lipinski definition) is 6. The quantitative estimate of drug-likeness (QED) is 0.717. The lowest BCUT2D eigenvalue weighted by molar-refractivity contribution is -0.115. The van der Waals surface area contributed by atoms with Crippen LogP contribution in [-0.4, -0.2) is 37.4 Å². The summed E-state index contributed by atoms with van der Waals surface area (Å²) in [4.78, 5) is 19.5. The Bertz CT molecular complexity index is 932. The zero-order valence-corrected chi connectivity index (χ0v) is 17.1. The first-order valence-corrected chi connectivity index (χ1v) is 10.2. The first-order chi connectivity index (χ1) is 13.1. The molecule has 0 bridgehead atoms. The van der Waals surface area contributed by atoms with E-state index in [4.69, 9.17) is 9.15 Å². The van der Waals surface area contributed by atoms with E-state index < -0.39 is 0 Å². The van der Waals surface area contributed by atoms with Gasteiger partial charge in [0.25, 0.3) is 5.91 Å². The third-order valence-corrected chi connectivity index (χ3v) is 5.62. The first-order valence-electron chi connectivity index (χ1n) is 8.57. The van der Waals surface area contributed by atoms with E-state index in [9.17, 15) is 4.79 Å². The number of carbonyl (C=O) groups is 1. The zero-order chi connectivity index (χ0) is 18.8. The number of hydrogen-bond donors (Lipinski definition) is 1. The van der Waals surface area contributed by atoms with Crippen LogP contribution in [-0.2, 0) is 9.53 Å². The van der Waals surface area contributed by atoms with Crippen molar-refractivity contribution in [1.29, 1.82) is 0 Å². The molecule has 3 heterocycles. The lowest BCUT2D eigenvalue weighted by atomic mass is 10.2. The average molecular weight is 448 g/mol. The van der Waals surface area contributed by atoms with Crippen molar-refractivity contribution in [2.45, 2.75) is 6.92 Å². The SMILES string of the molecule is Cc1cccc(N=C2NC(=O)/C(=C/c3cc(Br)c(N4CCOCC4)o3)S2)c1. The lowest BCUT2D eigenvalue weighted by Crippen LogP contribution is -2.36. The number of halogens is 1. The second-order valence-corrected chi connectivity index (χ2v) is 8.11. The third kappa shape index (κ3) is 4.28. The monoisotopic (exact) mass is 447 g/mol. The molecule has 1 amide bonds. The van der Waals surface area contributed by atoms with Crippen LogP contribution in [0.15, 0.2) is 49.1 Å². The van der Waals surface area contributed by atoms with Crippen molar-refractivity contribution < 1.29 is 13.9 Å². The van der Waals surface area contributed by atoms with Crippen LogP contribution in [0.5, 0.6) is 0 Å². The van der Waals surface area contributed by atoms with E-state index in [1.54, 1.807) is 6.08 Å². The van der Waals surface area contributed by atoms with Gasteiger partial charge in [-0.25, -0.2) is 4.99 Å². The second-order valence-electron chi connectivity index (χ2n) is 6.22. The fourth-order valence-corrected chi connectivity index (χ4v) is 4.23. The molecular formula is C19H18BrN3O3S. The summed E-state index contributed by atoms with van der Waals surface area (Å²) in [5, 5.41) is 3.37. The molecule has 2 saturated heterocycles. The van der Waals surface area contributed by atoms with Gasteiger partial charge < -0.3 is 19.4 Å². The number of thioether (sulfide) groups is 1. The highest BCUT2D eigenvalue weighted by Crippen LogP contribution is 2.34. The fourth-order valence-electron chi connectivity index (χ4n) is 2.85. The van der Waals surface area contributed by atoms with Gasteiger partial charge in [0.1, 0.15) is 5.76 Å². The Morgan fingerprint density at radius 1 is 1.30 bits per heavy atom. The summed E-state index contributed by atoms with van der Waals surface area (Å²) < 4.78 is 12.2. The summed E-state index contributed by atoms with van der Waals surface area (Å²) in [5.41, 5.74) is 1.94. The van der Waals surface area contributed by atoms with Gasteiger partial charge >= 0.3 is 0 Å². The Morgan fingerprint density at radius 2 is 2.11 bits per heavy atom. The van der Waals surface area contributed by atoms with E-state index in [1.807, 2.05) is 37.3 Å². The van der Waals surface area contributed by atoms with Crippen molar-refractivity contribution in [2.75, 3.05) is 31.2 Å². The molecule has 0 radical (unpaired) electrons. The van der Waals surface area contributed by atoms with Gasteiger partial charge in [-0.1, -0.05) is 12.1 Å². The van der Waals surface area contributed by atoms with Crippen LogP contribution in [0.2, 0.25) is 0 Å². The summed E-state index contributed by atoms with van der Waals surface area (Å²) in [6.45, 7) is 4.94. The number of aliphatic imine (C=N–C) groups is 1. The molecule has 0 saturated carbocycles. The summed E-state index contributed by atoms with van der Waals surface area (Å²) in [6.07, 6.45) is 1.74. The number of carbonyl (C=O) groups excluding carboxylic acids is 1. The maximum Gasteiger partial charge on any atom is 0.264 e. The molecule has 6 nitrogen and oxygen atoms in total. The summed E-state index contributed by atoms with van der Waals surface area (Å²) >= 11 is 4.85. The molecule has 0 atom stereocenters. The summed E-state index contributed by atoms with van der Waals surface area (Å²) in [6, 6.07) is 9.71. The number of rotatable bonds is 3. The number of anilines is 1. The number of morpholine rings is 1. The van der Waals surface area contributed by atoms with E-state index in [0.29, 0.717) is 29.0 Å². The molecule has 1 aromatic carbocycles. The number of amides is 1. The number of ether oxygens (including phenoxy) is 1. The van der Waals surface area contributed by atoms with Crippen molar-refractivity contribution in [3.05, 3.63) is 51.0 Å². The normalized spacial score (nSPS) is 20.5. The van der Waals surface area contributed by atoms with Crippen LogP contribution in [0.4, 0.5) is 11.6 Å². The maximum absolute atomic E-state index is 12.3. The van der Waals surface area contributed by atoms with Crippen LogP contribution in [0, 0.1) is 6.92 Å². The van der Waals surface area contributed by atoms with Crippen LogP contribution >= 0.6 is 27.7 Å². The molecule has 140 valence electrons. The number of nitrogens with zero attached hydrogens (tertiary/aromatic N) is 2. The molecule has 4 rings (SSSR count). The van der Waals surface area contributed by atoms with Gasteiger partial charge in [-0.3, -0.25) is 4.79 Å². The van der Waals surface area contributed by atoms with Crippen LogP contribution in [0.3, 0.4) is 0 Å². The van der Waals surface area contributed by atoms with Crippen molar-refractivity contribution in [3.8, 4) is 0 Å². The maximum atomic E-state index is 12.3. The lowest BCUT2D eigenvalue weighted by Gasteiger charge is -2.26. The number of benzene rings is 1. The zero-order valence-electron chi connectivity index (χ0n) is 14.7. The van der Waals surface area contributed by atoms with Gasteiger partial charge in [0, 0.05) is 25.2 Å². The number of nitrogens with one attached hydrogen (secondary N) is 1. The fraction of sp³-hybridized carbons (Fsp3) is 0.263. The van der Waals surface area contributed by atoms with E-state index >= 15 is 0 Å². The smallest absolute Gasteiger partial charge is 0.264 e. The van der Waals surface area contributed by atoms with Gasteiger partial charge in [-0.15, -0.1) is 0 Å². The number of aryl methyl sites for hydroxylation is 1. The largest absolute Gasteiger partial charge is 0.440 e. The number of amidine groups is 1. The Morgan fingerprint density at radius 3 is 2.89 bits per heavy atom. The topological polar surface area (TPSA) is 67.1 Å². The molecule has 2 fully saturated rings. The van der Waals surface area contributed by atoms with Gasteiger partial charge in [-0.05, 0) is 52.3 Å². The molecule has 0 aliphatic carbocycles. The molecule has 1 N–H and O–H groups in total. The summed E-state index contributed by atoms with van der Waals surface area (Å²) in [7, 11) is 0. The molecule has 2 aliphatic heterocycles. The van der Waals surface area contributed by atoms with Crippen LogP contribution in [0.1, 0.15) is 11.3 Å². The van der Waals surface area contributed by atoms with Crippen LogP contribution in [0.25, 0.3) is 6.08 Å². The molecule has 0 unspecified atom stereocenters. The minimum atomic E-state index is -0.174. The minimum Gasteiger partial charge on any atom is -0.440 e. The molecule has 2 aliphatic rings. The highest BCUT2D eigenvalue weighted by molar-refractivity contribution is 9.10. The third-order valence-electron chi connectivity index (χ3n) is 4.14. The molecular weight excluding hydrogens is 430 g/mol. The highest BCUT2D eigenvalue weighted by Gasteiger charge is 2.25. The Hall–Kier alpha value is -2.03. The molecule has 1 aromatic heterocycles. The predicted octanol–water partition coefficient (Wildman–Crippen LogP) is 4.08.